The number of carbonyl (C=O) groups is 1. The molecule has 2 fully saturated rings. The maximum atomic E-state index is 12.8. The molecule has 4 nitrogen and oxygen atoms in total. The van der Waals surface area contributed by atoms with Gasteiger partial charge in [-0.05, 0) is 50.3 Å². The van der Waals surface area contributed by atoms with Crippen LogP contribution in [0.3, 0.4) is 0 Å². The summed E-state index contributed by atoms with van der Waals surface area (Å²) in [6.45, 7) is 5.69. The summed E-state index contributed by atoms with van der Waals surface area (Å²) in [6, 6.07) is 6.46. The van der Waals surface area contributed by atoms with Crippen LogP contribution >= 0.6 is 15.9 Å². The van der Waals surface area contributed by atoms with Gasteiger partial charge in [0.05, 0.1) is 6.61 Å². The van der Waals surface area contributed by atoms with Gasteiger partial charge in [-0.25, -0.2) is 0 Å². The topological polar surface area (TPSA) is 38.8 Å². The molecule has 4 rings (SSSR count). The van der Waals surface area contributed by atoms with E-state index in [4.69, 9.17) is 9.47 Å². The van der Waals surface area contributed by atoms with Crippen LogP contribution in [0.15, 0.2) is 22.7 Å². The first-order valence-corrected chi connectivity index (χ1v) is 9.08. The number of carbonyl (C=O) groups excluding carboxylic acids is 1. The number of fused-ring (bicyclic) bond motifs is 2. The number of likely N-dealkylation sites (tertiary alicyclic amines) is 1. The highest BCUT2D eigenvalue weighted by Crippen LogP contribution is 2.47. The molecule has 1 unspecified atom stereocenters. The number of ether oxygens (including phenoxy) is 2. The van der Waals surface area contributed by atoms with E-state index in [1.165, 1.54) is 15.6 Å². The molecule has 2 saturated heterocycles. The lowest BCUT2D eigenvalue weighted by Crippen LogP contribution is -2.41. The summed E-state index contributed by atoms with van der Waals surface area (Å²) in [5.74, 6) is -0.571. The molecule has 0 aromatic heterocycles. The van der Waals surface area contributed by atoms with Gasteiger partial charge in [-0.15, -0.1) is 0 Å². The number of hydrogen-bond acceptors (Lipinski definition) is 3. The van der Waals surface area contributed by atoms with E-state index >= 15 is 0 Å². The van der Waals surface area contributed by atoms with Crippen LogP contribution in [-0.2, 0) is 26.1 Å². The lowest BCUT2D eigenvalue weighted by atomic mass is 9.81. The highest BCUT2D eigenvalue weighted by atomic mass is 79.9. The summed E-state index contributed by atoms with van der Waals surface area (Å²) in [6.07, 6.45) is 2.81. The Bertz CT molecular complexity index is 660. The minimum atomic E-state index is -0.650. The average Bonchev–Trinajstić information content (AvgIpc) is 3.19. The van der Waals surface area contributed by atoms with Crippen molar-refractivity contribution in [2.45, 2.75) is 50.4 Å². The van der Waals surface area contributed by atoms with Crippen LogP contribution in [0, 0.1) is 0 Å². The zero-order valence-corrected chi connectivity index (χ0v) is 15.2. The molecule has 1 aromatic carbocycles. The summed E-state index contributed by atoms with van der Waals surface area (Å²) in [5, 5.41) is 0. The number of halogens is 1. The summed E-state index contributed by atoms with van der Waals surface area (Å²) < 4.78 is 12.5. The number of amides is 1. The van der Waals surface area contributed by atoms with Gasteiger partial charge in [0.25, 0.3) is 5.91 Å². The van der Waals surface area contributed by atoms with Gasteiger partial charge in [-0.3, -0.25) is 4.79 Å². The second-order valence-corrected chi connectivity index (χ2v) is 8.23. The van der Waals surface area contributed by atoms with E-state index in [0.29, 0.717) is 6.61 Å². The standard InChI is InChI=1S/C18H22BrNO3/c1-17(2)22-10-15(23-17)16(21)20-9-8-18(11-20)7-6-12-13(18)4-3-5-14(12)19/h3-5,15H,6-11H2,1-2H3/t15-,18?/m1/s1. The van der Waals surface area contributed by atoms with E-state index in [0.717, 1.165) is 32.4 Å². The Kier molecular flexibility index (Phi) is 3.59. The molecule has 2 heterocycles. The second kappa shape index (κ2) is 5.30. The second-order valence-electron chi connectivity index (χ2n) is 7.37. The fourth-order valence-electron chi connectivity index (χ4n) is 4.31. The van der Waals surface area contributed by atoms with E-state index in [9.17, 15) is 4.79 Å². The average molecular weight is 380 g/mol. The highest BCUT2D eigenvalue weighted by Gasteiger charge is 2.48. The van der Waals surface area contributed by atoms with Crippen molar-refractivity contribution >= 4 is 21.8 Å². The van der Waals surface area contributed by atoms with Gasteiger partial charge >= 0.3 is 0 Å². The van der Waals surface area contributed by atoms with Crippen molar-refractivity contribution in [3.63, 3.8) is 0 Å². The van der Waals surface area contributed by atoms with Crippen molar-refractivity contribution in [3.8, 4) is 0 Å². The lowest BCUT2D eigenvalue weighted by molar-refractivity contribution is -0.159. The third-order valence-corrected chi connectivity index (χ3v) is 6.24. The molecule has 2 atom stereocenters. The predicted octanol–water partition coefficient (Wildman–Crippen LogP) is 3.02. The van der Waals surface area contributed by atoms with Gasteiger partial charge in [0.15, 0.2) is 11.9 Å². The molecule has 1 spiro atoms. The van der Waals surface area contributed by atoms with Crippen LogP contribution in [0.25, 0.3) is 0 Å². The van der Waals surface area contributed by atoms with Crippen LogP contribution < -0.4 is 0 Å². The molecule has 3 aliphatic rings. The van der Waals surface area contributed by atoms with Crippen molar-refractivity contribution in [2.24, 2.45) is 0 Å². The Balaban J connectivity index is 1.53. The Morgan fingerprint density at radius 1 is 1.35 bits per heavy atom. The Hall–Kier alpha value is -0.910. The molecule has 5 heteroatoms. The molecule has 0 radical (unpaired) electrons. The summed E-state index contributed by atoms with van der Waals surface area (Å²) in [7, 11) is 0. The van der Waals surface area contributed by atoms with Crippen molar-refractivity contribution in [3.05, 3.63) is 33.8 Å². The maximum Gasteiger partial charge on any atom is 0.254 e. The first kappa shape index (κ1) is 15.6. The minimum Gasteiger partial charge on any atom is -0.347 e. The predicted molar refractivity (Wildman–Crippen MR) is 90.2 cm³/mol. The SMILES string of the molecule is CC1(C)OC[C@H](C(=O)N2CCC3(CCc4c(Br)cccc43)C2)O1. The fraction of sp³-hybridized carbons (Fsp3) is 0.611. The molecule has 1 amide bonds. The first-order chi connectivity index (χ1) is 10.9. The zero-order chi connectivity index (χ0) is 16.2. The number of benzene rings is 1. The number of nitrogens with zero attached hydrogens (tertiary/aromatic N) is 1. The molecule has 23 heavy (non-hydrogen) atoms. The van der Waals surface area contributed by atoms with Crippen LogP contribution in [-0.4, -0.2) is 42.4 Å². The van der Waals surface area contributed by atoms with Crippen LogP contribution in [0.4, 0.5) is 0 Å². The smallest absolute Gasteiger partial charge is 0.254 e. The van der Waals surface area contributed by atoms with Crippen molar-refractivity contribution in [1.29, 1.82) is 0 Å². The Morgan fingerprint density at radius 2 is 2.17 bits per heavy atom. The molecule has 0 saturated carbocycles. The van der Waals surface area contributed by atoms with Gasteiger partial charge < -0.3 is 14.4 Å². The monoisotopic (exact) mass is 379 g/mol. The molecular formula is C18H22BrNO3. The van der Waals surface area contributed by atoms with E-state index in [-0.39, 0.29) is 11.3 Å². The van der Waals surface area contributed by atoms with E-state index in [1.807, 2.05) is 18.7 Å². The van der Waals surface area contributed by atoms with Gasteiger partial charge in [0, 0.05) is 23.0 Å². The molecule has 0 N–H and O–H groups in total. The van der Waals surface area contributed by atoms with Gasteiger partial charge in [-0.1, -0.05) is 28.1 Å². The first-order valence-electron chi connectivity index (χ1n) is 8.29. The number of rotatable bonds is 1. The summed E-state index contributed by atoms with van der Waals surface area (Å²) in [4.78, 5) is 14.7. The van der Waals surface area contributed by atoms with Gasteiger partial charge in [0.2, 0.25) is 0 Å². The maximum absolute atomic E-state index is 12.8. The summed E-state index contributed by atoms with van der Waals surface area (Å²) in [5.41, 5.74) is 2.97. The van der Waals surface area contributed by atoms with Gasteiger partial charge in [-0.2, -0.15) is 0 Å². The number of hydrogen-bond donors (Lipinski definition) is 0. The quantitative estimate of drug-likeness (QED) is 0.752. The molecule has 0 bridgehead atoms. The van der Waals surface area contributed by atoms with Crippen molar-refractivity contribution in [1.82, 2.24) is 4.90 Å². The van der Waals surface area contributed by atoms with Gasteiger partial charge in [0.1, 0.15) is 0 Å². The van der Waals surface area contributed by atoms with Crippen LogP contribution in [0.2, 0.25) is 0 Å². The third kappa shape index (κ3) is 2.53. The van der Waals surface area contributed by atoms with Crippen LogP contribution in [0.5, 0.6) is 0 Å². The van der Waals surface area contributed by atoms with E-state index in [1.54, 1.807) is 0 Å². The Morgan fingerprint density at radius 3 is 2.91 bits per heavy atom. The molecule has 2 aliphatic heterocycles. The molecule has 1 aliphatic carbocycles. The zero-order valence-electron chi connectivity index (χ0n) is 13.6. The van der Waals surface area contributed by atoms with Crippen LogP contribution in [0.1, 0.15) is 37.8 Å². The molecular weight excluding hydrogens is 358 g/mol. The minimum absolute atomic E-state index is 0.0795. The van der Waals surface area contributed by atoms with Crippen molar-refractivity contribution < 1.29 is 14.3 Å². The Labute approximate surface area is 145 Å². The fourth-order valence-corrected chi connectivity index (χ4v) is 4.87. The van der Waals surface area contributed by atoms with E-state index < -0.39 is 11.9 Å². The molecule has 1 aromatic rings. The normalized spacial score (nSPS) is 31.8. The van der Waals surface area contributed by atoms with E-state index in [2.05, 4.69) is 34.1 Å². The lowest BCUT2D eigenvalue weighted by Gasteiger charge is -2.26. The summed E-state index contributed by atoms with van der Waals surface area (Å²) >= 11 is 3.67. The third-order valence-electron chi connectivity index (χ3n) is 5.49. The van der Waals surface area contributed by atoms with Crippen molar-refractivity contribution in [2.75, 3.05) is 19.7 Å². The molecule has 124 valence electrons. The highest BCUT2D eigenvalue weighted by molar-refractivity contribution is 9.10. The largest absolute Gasteiger partial charge is 0.347 e.